The summed E-state index contributed by atoms with van der Waals surface area (Å²) in [6.07, 6.45) is 1.79. The van der Waals surface area contributed by atoms with Crippen LogP contribution in [0, 0.1) is 5.41 Å². The Morgan fingerprint density at radius 3 is 2.66 bits per heavy atom. The Balaban J connectivity index is 0.000000360. The number of ether oxygens (including phenoxy) is 2. The fraction of sp³-hybridized carbons (Fsp3) is 0.429. The van der Waals surface area contributed by atoms with E-state index >= 15 is 0 Å². The van der Waals surface area contributed by atoms with Crippen LogP contribution in [0.25, 0.3) is 0 Å². The van der Waals surface area contributed by atoms with Crippen molar-refractivity contribution >= 4 is 11.9 Å². The molecular formula is C21H22F3N3O5. The third kappa shape index (κ3) is 5.72. The van der Waals surface area contributed by atoms with E-state index in [0.717, 1.165) is 12.8 Å². The summed E-state index contributed by atoms with van der Waals surface area (Å²) in [6, 6.07) is 9.22. The fourth-order valence-corrected chi connectivity index (χ4v) is 3.75. The maximum absolute atomic E-state index is 12.8. The number of hydrogen-bond acceptors (Lipinski definition) is 6. The van der Waals surface area contributed by atoms with Crippen LogP contribution in [-0.2, 0) is 9.53 Å². The molecule has 11 heteroatoms. The highest BCUT2D eigenvalue weighted by Crippen LogP contribution is 2.41. The number of nitrogens with zero attached hydrogens (tertiary/aromatic N) is 3. The van der Waals surface area contributed by atoms with E-state index < -0.39 is 12.1 Å². The molecule has 2 aromatic rings. The zero-order valence-corrected chi connectivity index (χ0v) is 17.0. The van der Waals surface area contributed by atoms with Gasteiger partial charge in [0.15, 0.2) is 0 Å². The third-order valence-electron chi connectivity index (χ3n) is 5.35. The Labute approximate surface area is 182 Å². The number of alkyl halides is 3. The van der Waals surface area contributed by atoms with Gasteiger partial charge in [-0.05, 0) is 31.0 Å². The second kappa shape index (κ2) is 9.94. The second-order valence-corrected chi connectivity index (χ2v) is 7.49. The van der Waals surface area contributed by atoms with E-state index in [9.17, 15) is 18.0 Å². The van der Waals surface area contributed by atoms with Crippen LogP contribution >= 0.6 is 0 Å². The van der Waals surface area contributed by atoms with Gasteiger partial charge in [-0.1, -0.05) is 6.07 Å². The lowest BCUT2D eigenvalue weighted by Crippen LogP contribution is -2.54. The molecule has 0 spiro atoms. The average molecular weight is 453 g/mol. The van der Waals surface area contributed by atoms with Crippen LogP contribution in [-0.4, -0.2) is 70.4 Å². The molecule has 2 aromatic heterocycles. The van der Waals surface area contributed by atoms with E-state index in [1.807, 2.05) is 29.2 Å². The van der Waals surface area contributed by atoms with Gasteiger partial charge in [0, 0.05) is 44.4 Å². The van der Waals surface area contributed by atoms with Gasteiger partial charge >= 0.3 is 12.1 Å². The number of hydrogen-bond donors (Lipinski definition) is 1. The number of carbonyl (C=O) groups is 2. The standard InChI is InChI=1S/C19H21N3O3.C2HF3O2/c23-18(15-4-3-8-20-12-15)22-10-6-16-19(13-22,7-11-24-16)14-25-17-5-1-2-9-21-17;3-2(4,5)1(6)7/h1-5,8-9,12,16H,6-7,10-11,13-14H2;(H,6,7)/t16-,19+;/m1./s1. The van der Waals surface area contributed by atoms with Crippen molar-refractivity contribution in [3.8, 4) is 5.88 Å². The second-order valence-electron chi connectivity index (χ2n) is 7.49. The van der Waals surface area contributed by atoms with E-state index in [4.69, 9.17) is 19.4 Å². The van der Waals surface area contributed by atoms with Gasteiger partial charge in [-0.15, -0.1) is 0 Å². The molecule has 0 radical (unpaired) electrons. The van der Waals surface area contributed by atoms with Crippen LogP contribution in [0.3, 0.4) is 0 Å². The van der Waals surface area contributed by atoms with Crippen molar-refractivity contribution in [2.45, 2.75) is 25.1 Å². The van der Waals surface area contributed by atoms with Crippen molar-refractivity contribution in [3.05, 3.63) is 54.5 Å². The van der Waals surface area contributed by atoms with Crippen LogP contribution in [0.5, 0.6) is 5.88 Å². The Morgan fingerprint density at radius 1 is 1.25 bits per heavy atom. The lowest BCUT2D eigenvalue weighted by molar-refractivity contribution is -0.192. The molecular weight excluding hydrogens is 431 g/mol. The Morgan fingerprint density at radius 2 is 2.03 bits per heavy atom. The Hall–Kier alpha value is -3.21. The monoisotopic (exact) mass is 453 g/mol. The van der Waals surface area contributed by atoms with E-state index in [1.165, 1.54) is 0 Å². The lowest BCUT2D eigenvalue weighted by atomic mass is 9.77. The number of fused-ring (bicyclic) bond motifs is 1. The molecule has 2 aliphatic rings. The van der Waals surface area contributed by atoms with Gasteiger partial charge in [-0.3, -0.25) is 9.78 Å². The number of aliphatic carboxylic acids is 1. The predicted molar refractivity (Wildman–Crippen MR) is 105 cm³/mol. The van der Waals surface area contributed by atoms with Crippen molar-refractivity contribution in [2.75, 3.05) is 26.3 Å². The number of aromatic nitrogens is 2. The summed E-state index contributed by atoms with van der Waals surface area (Å²) in [7, 11) is 0. The maximum Gasteiger partial charge on any atom is 0.490 e. The highest BCUT2D eigenvalue weighted by molar-refractivity contribution is 5.94. The number of likely N-dealkylation sites (tertiary alicyclic amines) is 1. The van der Waals surface area contributed by atoms with Crippen molar-refractivity contribution in [3.63, 3.8) is 0 Å². The molecule has 0 bridgehead atoms. The van der Waals surface area contributed by atoms with Crippen LogP contribution in [0.1, 0.15) is 23.2 Å². The van der Waals surface area contributed by atoms with E-state index in [-0.39, 0.29) is 17.4 Å². The zero-order valence-electron chi connectivity index (χ0n) is 17.0. The normalized spacial score (nSPS) is 22.3. The van der Waals surface area contributed by atoms with Gasteiger partial charge in [0.2, 0.25) is 5.88 Å². The first kappa shape index (κ1) is 23.5. The summed E-state index contributed by atoms with van der Waals surface area (Å²) in [5.41, 5.74) is 0.453. The number of carbonyl (C=O) groups excluding carboxylic acids is 1. The minimum absolute atomic E-state index is 0.0238. The van der Waals surface area contributed by atoms with Crippen molar-refractivity contribution in [1.29, 1.82) is 0 Å². The summed E-state index contributed by atoms with van der Waals surface area (Å²) in [5.74, 6) is -2.12. The van der Waals surface area contributed by atoms with Gasteiger partial charge in [0.05, 0.1) is 23.7 Å². The van der Waals surface area contributed by atoms with Gasteiger partial charge in [-0.2, -0.15) is 13.2 Å². The van der Waals surface area contributed by atoms with Crippen molar-refractivity contribution < 1.29 is 37.3 Å². The van der Waals surface area contributed by atoms with E-state index in [1.54, 1.807) is 24.7 Å². The number of piperidine rings is 1. The van der Waals surface area contributed by atoms with E-state index in [0.29, 0.717) is 37.7 Å². The predicted octanol–water partition coefficient (Wildman–Crippen LogP) is 2.81. The molecule has 2 atom stereocenters. The van der Waals surface area contributed by atoms with Crippen molar-refractivity contribution in [1.82, 2.24) is 14.9 Å². The average Bonchev–Trinajstić information content (AvgIpc) is 3.22. The van der Waals surface area contributed by atoms with Crippen molar-refractivity contribution in [2.24, 2.45) is 5.41 Å². The SMILES string of the molecule is O=C(O)C(F)(F)F.O=C(c1cccnc1)N1CC[C@H]2OCC[C@@]2(COc2ccccn2)C1. The van der Waals surface area contributed by atoms with Crippen LogP contribution in [0.2, 0.25) is 0 Å². The molecule has 2 fully saturated rings. The molecule has 172 valence electrons. The van der Waals surface area contributed by atoms with Crippen LogP contribution in [0.15, 0.2) is 48.9 Å². The third-order valence-corrected chi connectivity index (χ3v) is 5.35. The Bertz CT molecular complexity index is 914. The largest absolute Gasteiger partial charge is 0.490 e. The topological polar surface area (TPSA) is 102 Å². The number of amides is 1. The zero-order chi connectivity index (χ0) is 23.2. The molecule has 4 heterocycles. The van der Waals surface area contributed by atoms with Gasteiger partial charge in [0.25, 0.3) is 5.91 Å². The summed E-state index contributed by atoms with van der Waals surface area (Å²) in [4.78, 5) is 31.9. The first-order valence-electron chi connectivity index (χ1n) is 9.86. The molecule has 2 aliphatic heterocycles. The summed E-state index contributed by atoms with van der Waals surface area (Å²) < 4.78 is 43.6. The fourth-order valence-electron chi connectivity index (χ4n) is 3.75. The molecule has 1 N–H and O–H groups in total. The summed E-state index contributed by atoms with van der Waals surface area (Å²) in [5, 5.41) is 7.12. The number of pyridine rings is 2. The molecule has 0 unspecified atom stereocenters. The summed E-state index contributed by atoms with van der Waals surface area (Å²) in [6.45, 7) is 2.55. The smallest absolute Gasteiger partial charge is 0.477 e. The molecule has 8 nitrogen and oxygen atoms in total. The first-order chi connectivity index (χ1) is 15.2. The number of halogens is 3. The Kier molecular flexibility index (Phi) is 7.29. The number of rotatable bonds is 4. The highest BCUT2D eigenvalue weighted by Gasteiger charge is 2.49. The molecule has 4 rings (SSSR count). The number of carboxylic acids is 1. The lowest BCUT2D eigenvalue weighted by Gasteiger charge is -2.43. The first-order valence-corrected chi connectivity index (χ1v) is 9.86. The minimum Gasteiger partial charge on any atom is -0.477 e. The molecule has 0 aromatic carbocycles. The van der Waals surface area contributed by atoms with Crippen LogP contribution < -0.4 is 4.74 Å². The van der Waals surface area contributed by atoms with Gasteiger partial charge in [0.1, 0.15) is 0 Å². The summed E-state index contributed by atoms with van der Waals surface area (Å²) >= 11 is 0. The molecule has 32 heavy (non-hydrogen) atoms. The molecule has 2 saturated heterocycles. The molecule has 1 amide bonds. The quantitative estimate of drug-likeness (QED) is 0.760. The molecule has 0 aliphatic carbocycles. The highest BCUT2D eigenvalue weighted by atomic mass is 19.4. The van der Waals surface area contributed by atoms with Crippen LogP contribution in [0.4, 0.5) is 13.2 Å². The van der Waals surface area contributed by atoms with Gasteiger partial charge < -0.3 is 19.5 Å². The maximum atomic E-state index is 12.8. The van der Waals surface area contributed by atoms with E-state index in [2.05, 4.69) is 9.97 Å². The number of carboxylic acid groups (broad SMARTS) is 1. The minimum atomic E-state index is -5.08. The van der Waals surface area contributed by atoms with Gasteiger partial charge in [-0.25, -0.2) is 9.78 Å². The molecule has 0 saturated carbocycles.